The summed E-state index contributed by atoms with van der Waals surface area (Å²) in [5, 5.41) is 29.1. The molecule has 0 spiro atoms. The van der Waals surface area contributed by atoms with Crippen LogP contribution in [0.3, 0.4) is 0 Å². The molecule has 3 aromatic rings. The van der Waals surface area contributed by atoms with Gasteiger partial charge in [0.1, 0.15) is 22.5 Å². The number of hydrogen-bond acceptors (Lipinski definition) is 4. The molecule has 0 aliphatic heterocycles. The summed E-state index contributed by atoms with van der Waals surface area (Å²) in [5.74, 6) is 0.222. The monoisotopic (exact) mass is 339 g/mol. The number of aliphatic hydroxyl groups is 1. The third kappa shape index (κ3) is 3.37. The van der Waals surface area contributed by atoms with E-state index in [0.29, 0.717) is 12.1 Å². The van der Waals surface area contributed by atoms with E-state index in [0.717, 1.165) is 35.0 Å². The largest absolute Gasteiger partial charge is 0.505 e. The molecule has 5 heteroatoms. The van der Waals surface area contributed by atoms with Crippen LogP contribution in [0.15, 0.2) is 36.4 Å². The summed E-state index contributed by atoms with van der Waals surface area (Å²) in [7, 11) is 0. The molecule has 25 heavy (non-hydrogen) atoms. The SMILES string of the molecule is CCC(C)(C)c1cc(CCCO)cc(-n2nc3ccccc3n2)c1O. The van der Waals surface area contributed by atoms with Gasteiger partial charge in [0, 0.05) is 12.2 Å². The molecule has 0 bridgehead atoms. The van der Waals surface area contributed by atoms with E-state index in [1.165, 1.54) is 4.80 Å². The molecule has 5 nitrogen and oxygen atoms in total. The molecule has 0 amide bonds. The summed E-state index contributed by atoms with van der Waals surface area (Å²) < 4.78 is 0. The summed E-state index contributed by atoms with van der Waals surface area (Å²) in [5.41, 5.74) is 3.96. The lowest BCUT2D eigenvalue weighted by atomic mass is 9.80. The highest BCUT2D eigenvalue weighted by atomic mass is 16.3. The van der Waals surface area contributed by atoms with Gasteiger partial charge in [-0.2, -0.15) is 0 Å². The average molecular weight is 339 g/mol. The summed E-state index contributed by atoms with van der Waals surface area (Å²) in [6, 6.07) is 11.6. The number of phenols is 1. The number of aliphatic hydroxyl groups excluding tert-OH is 1. The molecule has 0 aliphatic carbocycles. The predicted molar refractivity (Wildman–Crippen MR) is 99.3 cm³/mol. The number of phenolic OH excluding ortho intramolecular Hbond substituents is 1. The fraction of sp³-hybridized carbons (Fsp3) is 0.400. The number of aryl methyl sites for hydroxylation is 1. The fourth-order valence-corrected chi connectivity index (χ4v) is 2.93. The molecule has 2 aromatic carbocycles. The van der Waals surface area contributed by atoms with E-state index in [2.05, 4.69) is 31.0 Å². The standard InChI is InChI=1S/C20H25N3O2/c1-4-20(2,3)15-12-14(8-7-11-24)13-18(19(15)25)23-21-16-9-5-6-10-17(16)22-23/h5-6,9-10,12-13,24-25H,4,7-8,11H2,1-3H3. The lowest BCUT2D eigenvalue weighted by molar-refractivity contribution is 0.288. The van der Waals surface area contributed by atoms with E-state index in [9.17, 15) is 5.11 Å². The fourth-order valence-electron chi connectivity index (χ4n) is 2.93. The van der Waals surface area contributed by atoms with Crippen molar-refractivity contribution in [2.75, 3.05) is 6.61 Å². The van der Waals surface area contributed by atoms with Gasteiger partial charge in [0.2, 0.25) is 0 Å². The van der Waals surface area contributed by atoms with Crippen molar-refractivity contribution in [2.45, 2.75) is 45.4 Å². The Kier molecular flexibility index (Phi) is 4.77. The maximum Gasteiger partial charge on any atom is 0.146 e. The number of aromatic nitrogens is 3. The molecule has 0 saturated carbocycles. The van der Waals surface area contributed by atoms with Crippen molar-refractivity contribution in [3.05, 3.63) is 47.5 Å². The molecule has 3 rings (SSSR count). The van der Waals surface area contributed by atoms with E-state index in [1.54, 1.807) is 0 Å². The van der Waals surface area contributed by atoms with Crippen molar-refractivity contribution in [1.29, 1.82) is 0 Å². The second-order valence-corrected chi connectivity index (χ2v) is 7.05. The zero-order chi connectivity index (χ0) is 18.0. The van der Waals surface area contributed by atoms with Gasteiger partial charge in [0.05, 0.1) is 0 Å². The van der Waals surface area contributed by atoms with E-state index >= 15 is 0 Å². The Morgan fingerprint density at radius 3 is 2.28 bits per heavy atom. The molecule has 0 fully saturated rings. The quantitative estimate of drug-likeness (QED) is 0.718. The first-order valence-electron chi connectivity index (χ1n) is 8.76. The summed E-state index contributed by atoms with van der Waals surface area (Å²) >= 11 is 0. The Morgan fingerprint density at radius 1 is 1.08 bits per heavy atom. The number of aromatic hydroxyl groups is 1. The highest BCUT2D eigenvalue weighted by Crippen LogP contribution is 2.38. The number of fused-ring (bicyclic) bond motifs is 1. The summed E-state index contributed by atoms with van der Waals surface area (Å²) in [4.78, 5) is 1.51. The van der Waals surface area contributed by atoms with E-state index in [1.807, 2.05) is 36.4 Å². The van der Waals surface area contributed by atoms with Gasteiger partial charge in [0.15, 0.2) is 0 Å². The molecule has 0 saturated heterocycles. The molecule has 0 aliphatic rings. The minimum absolute atomic E-state index is 0.145. The Labute approximate surface area is 147 Å². The lowest BCUT2D eigenvalue weighted by Gasteiger charge is -2.26. The maximum absolute atomic E-state index is 10.9. The highest BCUT2D eigenvalue weighted by Gasteiger charge is 2.25. The van der Waals surface area contributed by atoms with E-state index in [-0.39, 0.29) is 17.8 Å². The van der Waals surface area contributed by atoms with Gasteiger partial charge < -0.3 is 10.2 Å². The number of hydrogen-bond donors (Lipinski definition) is 2. The molecule has 0 unspecified atom stereocenters. The molecule has 0 atom stereocenters. The summed E-state index contributed by atoms with van der Waals surface area (Å²) in [6.45, 7) is 6.50. The van der Waals surface area contributed by atoms with Gasteiger partial charge in [-0.3, -0.25) is 0 Å². The van der Waals surface area contributed by atoms with Crippen LogP contribution < -0.4 is 0 Å². The van der Waals surface area contributed by atoms with Gasteiger partial charge in [-0.05, 0) is 48.4 Å². The average Bonchev–Trinajstić information content (AvgIpc) is 3.04. The van der Waals surface area contributed by atoms with Crippen molar-refractivity contribution in [1.82, 2.24) is 15.0 Å². The minimum atomic E-state index is -0.166. The number of rotatable bonds is 6. The molecule has 0 radical (unpaired) electrons. The van der Waals surface area contributed by atoms with Crippen molar-refractivity contribution < 1.29 is 10.2 Å². The molecule has 1 heterocycles. The van der Waals surface area contributed by atoms with Crippen LogP contribution in [0.5, 0.6) is 5.75 Å². The molecule has 132 valence electrons. The normalized spacial score (nSPS) is 12.0. The second-order valence-electron chi connectivity index (χ2n) is 7.05. The van der Waals surface area contributed by atoms with Crippen LogP contribution in [-0.2, 0) is 11.8 Å². The van der Waals surface area contributed by atoms with Crippen LogP contribution in [0.25, 0.3) is 16.7 Å². The van der Waals surface area contributed by atoms with Crippen LogP contribution in [0.4, 0.5) is 0 Å². The molecule has 1 aromatic heterocycles. The van der Waals surface area contributed by atoms with E-state index < -0.39 is 0 Å². The minimum Gasteiger partial charge on any atom is -0.505 e. The number of benzene rings is 2. The van der Waals surface area contributed by atoms with Gasteiger partial charge in [-0.1, -0.05) is 39.0 Å². The Morgan fingerprint density at radius 2 is 1.72 bits per heavy atom. The molecular weight excluding hydrogens is 314 g/mol. The topological polar surface area (TPSA) is 71.2 Å². The van der Waals surface area contributed by atoms with E-state index in [4.69, 9.17) is 5.11 Å². The lowest BCUT2D eigenvalue weighted by Crippen LogP contribution is -2.17. The first kappa shape index (κ1) is 17.4. The Hall–Kier alpha value is -2.40. The van der Waals surface area contributed by atoms with Crippen LogP contribution in [-0.4, -0.2) is 31.8 Å². The van der Waals surface area contributed by atoms with Crippen LogP contribution in [0.1, 0.15) is 44.7 Å². The van der Waals surface area contributed by atoms with Gasteiger partial charge in [0.25, 0.3) is 0 Å². The zero-order valence-electron chi connectivity index (χ0n) is 15.0. The van der Waals surface area contributed by atoms with Crippen molar-refractivity contribution in [3.8, 4) is 11.4 Å². The summed E-state index contributed by atoms with van der Waals surface area (Å²) in [6.07, 6.45) is 2.33. The van der Waals surface area contributed by atoms with Gasteiger partial charge in [-0.25, -0.2) is 0 Å². The third-order valence-corrected chi connectivity index (χ3v) is 4.89. The van der Waals surface area contributed by atoms with Gasteiger partial charge in [-0.15, -0.1) is 15.0 Å². The molecule has 2 N–H and O–H groups in total. The zero-order valence-corrected chi connectivity index (χ0v) is 15.0. The van der Waals surface area contributed by atoms with Crippen LogP contribution in [0, 0.1) is 0 Å². The first-order valence-corrected chi connectivity index (χ1v) is 8.76. The van der Waals surface area contributed by atoms with Crippen molar-refractivity contribution >= 4 is 11.0 Å². The highest BCUT2D eigenvalue weighted by molar-refractivity contribution is 5.73. The van der Waals surface area contributed by atoms with Crippen LogP contribution >= 0.6 is 0 Å². The van der Waals surface area contributed by atoms with Gasteiger partial charge >= 0.3 is 0 Å². The first-order chi connectivity index (χ1) is 12.0. The smallest absolute Gasteiger partial charge is 0.146 e. The number of nitrogens with zero attached hydrogens (tertiary/aromatic N) is 3. The second kappa shape index (κ2) is 6.84. The predicted octanol–water partition coefficient (Wildman–Crippen LogP) is 3.74. The third-order valence-electron chi connectivity index (χ3n) is 4.89. The van der Waals surface area contributed by atoms with Crippen molar-refractivity contribution in [3.63, 3.8) is 0 Å². The molecular formula is C20H25N3O2. The Bertz CT molecular complexity index is 851. The van der Waals surface area contributed by atoms with Crippen LogP contribution in [0.2, 0.25) is 0 Å². The van der Waals surface area contributed by atoms with Crippen molar-refractivity contribution in [2.24, 2.45) is 0 Å². The Balaban J connectivity index is 2.18. The maximum atomic E-state index is 10.9.